The van der Waals surface area contributed by atoms with Gasteiger partial charge < -0.3 is 9.47 Å². The molecule has 0 aliphatic rings. The van der Waals surface area contributed by atoms with E-state index in [2.05, 4.69) is 10.5 Å². The number of ether oxygens (including phenoxy) is 2. The number of sulfonamides is 1. The fraction of sp³-hybridized carbons (Fsp3) is 0.167. The Morgan fingerprint density at radius 3 is 2.32 bits per heavy atom. The molecule has 0 spiro atoms. The van der Waals surface area contributed by atoms with E-state index in [0.29, 0.717) is 5.75 Å². The Bertz CT molecular complexity index is 1280. The van der Waals surface area contributed by atoms with Gasteiger partial charge in [-0.15, -0.1) is 0 Å². The standard InChI is InChI=1S/C24H24ClN3O5S/c1-17-4-11-21(12-5-17)34(30,31)28(22-14-19(25)8-13-23(22)33-3)16-24(29)27-26-15-18-6-9-20(32-2)10-7-18/h4-15H,16H2,1-3H3,(H,27,29)/b26-15-. The third kappa shape index (κ3) is 6.06. The van der Waals surface area contributed by atoms with Crippen LogP contribution in [0.3, 0.4) is 0 Å². The number of halogens is 1. The monoisotopic (exact) mass is 501 g/mol. The Morgan fingerprint density at radius 1 is 1.03 bits per heavy atom. The van der Waals surface area contributed by atoms with Crippen molar-refractivity contribution in [1.29, 1.82) is 0 Å². The zero-order valence-corrected chi connectivity index (χ0v) is 20.4. The molecule has 0 fully saturated rings. The summed E-state index contributed by atoms with van der Waals surface area (Å²) in [7, 11) is -1.16. The Hall–Kier alpha value is -3.56. The van der Waals surface area contributed by atoms with Crippen molar-refractivity contribution in [3.63, 3.8) is 0 Å². The van der Waals surface area contributed by atoms with Crippen LogP contribution in [0.4, 0.5) is 5.69 Å². The molecular weight excluding hydrogens is 478 g/mol. The number of amides is 1. The Labute approximate surface area is 203 Å². The van der Waals surface area contributed by atoms with Crippen LogP contribution in [-0.2, 0) is 14.8 Å². The smallest absolute Gasteiger partial charge is 0.264 e. The molecule has 178 valence electrons. The molecular formula is C24H24ClN3O5S. The molecule has 0 aliphatic carbocycles. The number of nitrogens with zero attached hydrogens (tertiary/aromatic N) is 2. The van der Waals surface area contributed by atoms with Crippen molar-refractivity contribution in [2.75, 3.05) is 25.1 Å². The maximum Gasteiger partial charge on any atom is 0.264 e. The van der Waals surface area contributed by atoms with E-state index in [1.807, 2.05) is 6.92 Å². The van der Waals surface area contributed by atoms with Crippen LogP contribution in [0.5, 0.6) is 11.5 Å². The predicted molar refractivity (Wildman–Crippen MR) is 132 cm³/mol. The van der Waals surface area contributed by atoms with Crippen LogP contribution in [0.1, 0.15) is 11.1 Å². The summed E-state index contributed by atoms with van der Waals surface area (Å²) in [5, 5.41) is 4.22. The lowest BCUT2D eigenvalue weighted by Crippen LogP contribution is -2.39. The summed E-state index contributed by atoms with van der Waals surface area (Å²) in [6.45, 7) is 1.30. The number of hydrogen-bond donors (Lipinski definition) is 1. The van der Waals surface area contributed by atoms with Crippen molar-refractivity contribution in [2.45, 2.75) is 11.8 Å². The van der Waals surface area contributed by atoms with Gasteiger partial charge in [-0.05, 0) is 67.1 Å². The highest BCUT2D eigenvalue weighted by Gasteiger charge is 2.29. The summed E-state index contributed by atoms with van der Waals surface area (Å²) in [6, 6.07) is 17.9. The molecule has 0 aromatic heterocycles. The third-order valence-electron chi connectivity index (χ3n) is 4.82. The lowest BCUT2D eigenvalue weighted by Gasteiger charge is -2.25. The molecule has 1 N–H and O–H groups in total. The van der Waals surface area contributed by atoms with E-state index < -0.39 is 22.5 Å². The lowest BCUT2D eigenvalue weighted by molar-refractivity contribution is -0.119. The summed E-state index contributed by atoms with van der Waals surface area (Å²) in [5.74, 6) is 0.283. The topological polar surface area (TPSA) is 97.3 Å². The average molecular weight is 502 g/mol. The lowest BCUT2D eigenvalue weighted by atomic mass is 10.2. The largest absolute Gasteiger partial charge is 0.497 e. The molecule has 3 aromatic carbocycles. The first-order chi connectivity index (χ1) is 16.2. The van der Waals surface area contributed by atoms with E-state index >= 15 is 0 Å². The quantitative estimate of drug-likeness (QED) is 0.353. The normalized spacial score (nSPS) is 11.3. The van der Waals surface area contributed by atoms with Crippen molar-refractivity contribution in [2.24, 2.45) is 5.10 Å². The molecule has 0 heterocycles. The van der Waals surface area contributed by atoms with Crippen LogP contribution in [0.15, 0.2) is 76.7 Å². The number of aryl methyl sites for hydroxylation is 1. The number of anilines is 1. The first-order valence-corrected chi connectivity index (χ1v) is 12.0. The van der Waals surface area contributed by atoms with Crippen LogP contribution >= 0.6 is 11.6 Å². The van der Waals surface area contributed by atoms with E-state index in [1.54, 1.807) is 49.6 Å². The molecule has 0 bridgehead atoms. The molecule has 10 heteroatoms. The van der Waals surface area contributed by atoms with Gasteiger partial charge in [-0.2, -0.15) is 5.10 Å². The first-order valence-electron chi connectivity index (χ1n) is 10.1. The number of methoxy groups -OCH3 is 2. The van der Waals surface area contributed by atoms with Crippen molar-refractivity contribution < 1.29 is 22.7 Å². The Balaban J connectivity index is 1.89. The van der Waals surface area contributed by atoms with Crippen molar-refractivity contribution in [3.8, 4) is 11.5 Å². The molecule has 8 nitrogen and oxygen atoms in total. The maximum absolute atomic E-state index is 13.5. The molecule has 0 unspecified atom stereocenters. The van der Waals surface area contributed by atoms with Crippen LogP contribution in [0.25, 0.3) is 0 Å². The van der Waals surface area contributed by atoms with Crippen LogP contribution < -0.4 is 19.2 Å². The Morgan fingerprint density at radius 2 is 1.71 bits per heavy atom. The molecule has 1 amide bonds. The fourth-order valence-corrected chi connectivity index (χ4v) is 4.62. The number of nitrogens with one attached hydrogen (secondary N) is 1. The highest BCUT2D eigenvalue weighted by molar-refractivity contribution is 7.92. The van der Waals surface area contributed by atoms with Gasteiger partial charge in [0, 0.05) is 5.02 Å². The fourth-order valence-electron chi connectivity index (χ4n) is 3.03. The summed E-state index contributed by atoms with van der Waals surface area (Å²) in [4.78, 5) is 12.7. The Kier molecular flexibility index (Phi) is 8.14. The molecule has 0 atom stereocenters. The van der Waals surface area contributed by atoms with E-state index in [9.17, 15) is 13.2 Å². The van der Waals surface area contributed by atoms with Gasteiger partial charge in [0.15, 0.2) is 0 Å². The maximum atomic E-state index is 13.5. The van der Waals surface area contributed by atoms with Crippen molar-refractivity contribution >= 4 is 39.4 Å². The van der Waals surface area contributed by atoms with Crippen molar-refractivity contribution in [1.82, 2.24) is 5.43 Å². The van der Waals surface area contributed by atoms with Gasteiger partial charge in [0.2, 0.25) is 0 Å². The summed E-state index contributed by atoms with van der Waals surface area (Å²) in [5.41, 5.74) is 4.12. The van der Waals surface area contributed by atoms with Gasteiger partial charge in [0.25, 0.3) is 15.9 Å². The van der Waals surface area contributed by atoms with Gasteiger partial charge in [0.05, 0.1) is 31.0 Å². The number of carbonyl (C=O) groups excluding carboxylic acids is 1. The minimum atomic E-state index is -4.13. The summed E-state index contributed by atoms with van der Waals surface area (Å²) < 4.78 is 38.4. The van der Waals surface area contributed by atoms with Gasteiger partial charge in [-0.1, -0.05) is 29.3 Å². The molecule has 0 saturated heterocycles. The van der Waals surface area contributed by atoms with Gasteiger partial charge in [0.1, 0.15) is 18.0 Å². The van der Waals surface area contributed by atoms with E-state index in [0.717, 1.165) is 15.4 Å². The number of rotatable bonds is 9. The minimum absolute atomic E-state index is 0.0228. The zero-order valence-electron chi connectivity index (χ0n) is 18.9. The average Bonchev–Trinajstić information content (AvgIpc) is 2.83. The molecule has 34 heavy (non-hydrogen) atoms. The second-order valence-corrected chi connectivity index (χ2v) is 9.51. The first kappa shape index (κ1) is 25.1. The van der Waals surface area contributed by atoms with E-state index in [-0.39, 0.29) is 21.4 Å². The predicted octanol–water partition coefficient (Wildman–Crippen LogP) is 4.01. The summed E-state index contributed by atoms with van der Waals surface area (Å²) in [6.07, 6.45) is 1.44. The highest BCUT2D eigenvalue weighted by Crippen LogP contribution is 2.34. The third-order valence-corrected chi connectivity index (χ3v) is 6.83. The molecule has 3 aromatic rings. The number of hydrazone groups is 1. The molecule has 0 aliphatic heterocycles. The second-order valence-electron chi connectivity index (χ2n) is 7.21. The van der Waals surface area contributed by atoms with Crippen LogP contribution in [0.2, 0.25) is 5.02 Å². The summed E-state index contributed by atoms with van der Waals surface area (Å²) >= 11 is 6.13. The van der Waals surface area contributed by atoms with Crippen LogP contribution in [0, 0.1) is 6.92 Å². The van der Waals surface area contributed by atoms with Gasteiger partial charge in [-0.3, -0.25) is 9.10 Å². The highest BCUT2D eigenvalue weighted by atomic mass is 35.5. The van der Waals surface area contributed by atoms with E-state index in [1.165, 1.54) is 37.6 Å². The number of carbonyl (C=O) groups is 1. The van der Waals surface area contributed by atoms with Crippen LogP contribution in [-0.4, -0.2) is 41.3 Å². The molecule has 0 radical (unpaired) electrons. The van der Waals surface area contributed by atoms with Gasteiger partial charge in [-0.25, -0.2) is 13.8 Å². The zero-order chi connectivity index (χ0) is 24.7. The van der Waals surface area contributed by atoms with Crippen molar-refractivity contribution in [3.05, 3.63) is 82.9 Å². The molecule has 0 saturated carbocycles. The SMILES string of the molecule is COc1ccc(/C=N\NC(=O)CN(c2cc(Cl)ccc2OC)S(=O)(=O)c2ccc(C)cc2)cc1. The van der Waals surface area contributed by atoms with E-state index in [4.69, 9.17) is 21.1 Å². The molecule has 3 rings (SSSR count). The number of hydrogen-bond acceptors (Lipinski definition) is 6. The van der Waals surface area contributed by atoms with Gasteiger partial charge >= 0.3 is 0 Å². The minimum Gasteiger partial charge on any atom is -0.497 e. The second kappa shape index (κ2) is 11.0. The number of benzene rings is 3.